The Labute approximate surface area is 148 Å². The van der Waals surface area contributed by atoms with E-state index in [0.29, 0.717) is 0 Å². The zero-order valence-electron chi connectivity index (χ0n) is 11.0. The molecule has 20 heavy (non-hydrogen) atoms. The van der Waals surface area contributed by atoms with Crippen LogP contribution in [0.1, 0.15) is 6.42 Å². The zero-order chi connectivity index (χ0) is 11.8. The maximum atomic E-state index is 2.23. The van der Waals surface area contributed by atoms with Gasteiger partial charge in [0.2, 0.25) is 0 Å². The zero-order valence-corrected chi connectivity index (χ0v) is 15.5. The summed E-state index contributed by atoms with van der Waals surface area (Å²) in [6.07, 6.45) is 4.02. The molecule has 2 aromatic carbocycles. The molecule has 2 unspecified atom stereocenters. The first-order chi connectivity index (χ1) is 8.45. The van der Waals surface area contributed by atoms with Gasteiger partial charge in [0, 0.05) is 0 Å². The minimum absolute atomic E-state index is 0. The van der Waals surface area contributed by atoms with Crippen molar-refractivity contribution in [1.82, 2.24) is 0 Å². The van der Waals surface area contributed by atoms with E-state index in [1.54, 1.807) is 0 Å². The fourth-order valence-electron chi connectivity index (χ4n) is 1.67. The summed E-state index contributed by atoms with van der Waals surface area (Å²) in [6, 6.07) is 21.6. The average molecular weight is 390 g/mol. The fraction of sp³-hybridized carbons (Fsp3) is 0.200. The largest absolute Gasteiger partial charge is 2.00 e. The van der Waals surface area contributed by atoms with Gasteiger partial charge in [-0.1, -0.05) is 77.8 Å². The Bertz CT molecular complexity index is 385. The summed E-state index contributed by atoms with van der Waals surface area (Å²) < 4.78 is 0. The normalized spacial score (nSPS) is 10.0. The van der Waals surface area contributed by atoms with Crippen LogP contribution in [0.25, 0.3) is 0 Å². The molecule has 0 aliphatic carbocycles. The van der Waals surface area contributed by atoms with Crippen LogP contribution in [-0.4, -0.2) is 12.3 Å². The smallest absolute Gasteiger partial charge is 1.00 e. The molecule has 0 fully saturated rings. The summed E-state index contributed by atoms with van der Waals surface area (Å²) in [7, 11) is 1.95. The van der Waals surface area contributed by atoms with Crippen LogP contribution >= 0.6 is 17.2 Å². The van der Waals surface area contributed by atoms with Crippen molar-refractivity contribution >= 4 is 27.8 Å². The third-order valence-electron chi connectivity index (χ3n) is 2.56. The molecule has 0 saturated heterocycles. The Kier molecular flexibility index (Phi) is 16.2. The minimum Gasteiger partial charge on any atom is -1.00 e. The van der Waals surface area contributed by atoms with Crippen molar-refractivity contribution in [1.29, 1.82) is 0 Å². The van der Waals surface area contributed by atoms with Crippen LogP contribution in [0.4, 0.5) is 0 Å². The van der Waals surface area contributed by atoms with Crippen molar-refractivity contribution in [3.8, 4) is 0 Å². The van der Waals surface area contributed by atoms with Crippen molar-refractivity contribution in [2.24, 2.45) is 0 Å². The average Bonchev–Trinajstić information content (AvgIpc) is 2.41. The molecular weight excluding hydrogens is 372 g/mol. The quantitative estimate of drug-likeness (QED) is 0.288. The van der Waals surface area contributed by atoms with Crippen molar-refractivity contribution in [2.75, 3.05) is 12.3 Å². The van der Waals surface area contributed by atoms with Gasteiger partial charge in [0.25, 0.3) is 0 Å². The molecule has 0 saturated carbocycles. The molecule has 0 aromatic heterocycles. The van der Waals surface area contributed by atoms with Gasteiger partial charge in [-0.3, -0.25) is 0 Å². The molecule has 0 aliphatic rings. The number of rotatable bonds is 6. The van der Waals surface area contributed by atoms with E-state index in [-0.39, 0.29) is 41.3 Å². The SMILES string of the molecule is [Cl-].[Cl-].[Ni+2].c1ccc(PCCCPc2ccccc2)cc1. The number of benzene rings is 2. The van der Waals surface area contributed by atoms with Gasteiger partial charge in [-0.15, -0.1) is 0 Å². The van der Waals surface area contributed by atoms with E-state index in [0.717, 1.165) is 17.2 Å². The summed E-state index contributed by atoms with van der Waals surface area (Å²) in [4.78, 5) is 0. The first-order valence-electron chi connectivity index (χ1n) is 6.03. The van der Waals surface area contributed by atoms with E-state index in [2.05, 4.69) is 60.7 Å². The van der Waals surface area contributed by atoms with Crippen molar-refractivity contribution in [2.45, 2.75) is 6.42 Å². The van der Waals surface area contributed by atoms with E-state index in [1.807, 2.05) is 0 Å². The molecule has 5 heteroatoms. The van der Waals surface area contributed by atoms with Crippen LogP contribution in [0.15, 0.2) is 60.7 Å². The summed E-state index contributed by atoms with van der Waals surface area (Å²) in [5.74, 6) is 0. The number of hydrogen-bond donors (Lipinski definition) is 0. The third kappa shape index (κ3) is 9.34. The van der Waals surface area contributed by atoms with Crippen LogP contribution in [0, 0.1) is 0 Å². The Morgan fingerprint density at radius 1 is 0.600 bits per heavy atom. The van der Waals surface area contributed by atoms with Crippen LogP contribution < -0.4 is 35.4 Å². The van der Waals surface area contributed by atoms with E-state index in [1.165, 1.54) is 29.4 Å². The maximum absolute atomic E-state index is 2.23. The van der Waals surface area contributed by atoms with Gasteiger partial charge >= 0.3 is 16.5 Å². The van der Waals surface area contributed by atoms with Crippen molar-refractivity contribution < 1.29 is 41.3 Å². The molecular formula is C15H18Cl2NiP2. The van der Waals surface area contributed by atoms with Crippen LogP contribution in [0.2, 0.25) is 0 Å². The van der Waals surface area contributed by atoms with E-state index >= 15 is 0 Å². The Balaban J connectivity index is 0. The number of halogens is 2. The molecule has 2 rings (SSSR count). The Hall–Kier alpha value is 0.374. The Morgan fingerprint density at radius 2 is 0.950 bits per heavy atom. The molecule has 0 radical (unpaired) electrons. The van der Waals surface area contributed by atoms with Gasteiger partial charge in [-0.25, -0.2) is 0 Å². The first kappa shape index (κ1) is 22.7. The standard InChI is InChI=1S/C15H18P2.2ClH.Ni/c1-3-8-14(9-4-1)16-12-7-13-17-15-10-5-2-6-11-15;;;/h1-6,8-11,16-17H,7,12-13H2;2*1H;/q;;;+2/p-2. The van der Waals surface area contributed by atoms with E-state index in [9.17, 15) is 0 Å². The second-order valence-electron chi connectivity index (χ2n) is 3.94. The van der Waals surface area contributed by atoms with Crippen molar-refractivity contribution in [3.05, 3.63) is 60.7 Å². The minimum atomic E-state index is 0. The van der Waals surface area contributed by atoms with Gasteiger partial charge in [-0.2, -0.15) is 0 Å². The second kappa shape index (κ2) is 14.3. The molecule has 0 nitrogen and oxygen atoms in total. The van der Waals surface area contributed by atoms with Gasteiger partial charge in [0.05, 0.1) is 0 Å². The number of hydrogen-bond acceptors (Lipinski definition) is 0. The van der Waals surface area contributed by atoms with E-state index < -0.39 is 0 Å². The van der Waals surface area contributed by atoms with Crippen LogP contribution in [0.5, 0.6) is 0 Å². The predicted octanol–water partition coefficient (Wildman–Crippen LogP) is -2.61. The Morgan fingerprint density at radius 3 is 1.30 bits per heavy atom. The molecule has 2 atom stereocenters. The molecule has 0 aliphatic heterocycles. The van der Waals surface area contributed by atoms with Gasteiger partial charge in [0.1, 0.15) is 0 Å². The topological polar surface area (TPSA) is 0 Å². The maximum Gasteiger partial charge on any atom is 2.00 e. The molecule has 0 heterocycles. The van der Waals surface area contributed by atoms with E-state index in [4.69, 9.17) is 0 Å². The summed E-state index contributed by atoms with van der Waals surface area (Å²) in [5.41, 5.74) is 0. The van der Waals surface area contributed by atoms with Crippen LogP contribution in [-0.2, 0) is 16.5 Å². The summed E-state index contributed by atoms with van der Waals surface area (Å²) in [6.45, 7) is 0. The summed E-state index contributed by atoms with van der Waals surface area (Å²) >= 11 is 0. The second-order valence-corrected chi connectivity index (χ2v) is 6.80. The van der Waals surface area contributed by atoms with Gasteiger partial charge in [0.15, 0.2) is 0 Å². The summed E-state index contributed by atoms with van der Waals surface area (Å²) in [5, 5.41) is 2.99. The molecule has 0 bridgehead atoms. The van der Waals surface area contributed by atoms with Crippen molar-refractivity contribution in [3.63, 3.8) is 0 Å². The molecule has 0 spiro atoms. The van der Waals surface area contributed by atoms with Crippen LogP contribution in [0.3, 0.4) is 0 Å². The molecule has 112 valence electrons. The fourth-order valence-corrected chi connectivity index (χ4v) is 4.16. The van der Waals surface area contributed by atoms with Gasteiger partial charge < -0.3 is 24.8 Å². The van der Waals surface area contributed by atoms with Gasteiger partial charge in [-0.05, 0) is 29.4 Å². The molecule has 0 N–H and O–H groups in total. The predicted molar refractivity (Wildman–Crippen MR) is 83.1 cm³/mol. The monoisotopic (exact) mass is 388 g/mol. The molecule has 2 aromatic rings. The molecule has 0 amide bonds. The first-order valence-corrected chi connectivity index (χ1v) is 8.44. The third-order valence-corrected chi connectivity index (χ3v) is 5.25.